The lowest BCUT2D eigenvalue weighted by atomic mass is 10.2. The molecule has 0 aliphatic rings. The van der Waals surface area contributed by atoms with Crippen molar-refractivity contribution in [2.75, 3.05) is 13.2 Å². The predicted molar refractivity (Wildman–Crippen MR) is 54.3 cm³/mol. The Bertz CT molecular complexity index is 313. The molecule has 0 bridgehead atoms. The Balaban J connectivity index is 2.31. The minimum atomic E-state index is -0.529. The normalized spacial score (nSPS) is 9.50. The van der Waals surface area contributed by atoms with Gasteiger partial charge in [0.2, 0.25) is 0 Å². The lowest BCUT2D eigenvalue weighted by Crippen LogP contribution is -2.32. The quantitative estimate of drug-likeness (QED) is 0.703. The number of hydrogen-bond acceptors (Lipinski definition) is 2. The number of para-hydroxylation sites is 1. The number of aryl methyl sites for hydroxylation is 1. The largest absolute Gasteiger partial charge is 0.491 e. The first-order valence-electron chi connectivity index (χ1n) is 4.42. The summed E-state index contributed by atoms with van der Waals surface area (Å²) in [6, 6.07) is 7.18. The second kappa shape index (κ2) is 5.11. The second-order valence-electron chi connectivity index (χ2n) is 2.90. The molecule has 0 spiro atoms. The SMILES string of the molecule is Cc1ccccc1OCCNC(N)=O. The summed E-state index contributed by atoms with van der Waals surface area (Å²) in [6.07, 6.45) is 0. The summed E-state index contributed by atoms with van der Waals surface area (Å²) in [5.74, 6) is 0.832. The molecule has 4 nitrogen and oxygen atoms in total. The third-order valence-electron chi connectivity index (χ3n) is 1.75. The Morgan fingerprint density at radius 2 is 2.21 bits per heavy atom. The van der Waals surface area contributed by atoms with Crippen LogP contribution in [0.3, 0.4) is 0 Å². The standard InChI is InChI=1S/C10H14N2O2/c1-8-4-2-3-5-9(8)14-7-6-12-10(11)13/h2-5H,6-7H2,1H3,(H3,11,12,13). The summed E-state index contributed by atoms with van der Waals surface area (Å²) in [7, 11) is 0. The fourth-order valence-electron chi connectivity index (χ4n) is 1.05. The summed E-state index contributed by atoms with van der Waals surface area (Å²) in [6.45, 7) is 2.81. The van der Waals surface area contributed by atoms with Gasteiger partial charge in [-0.15, -0.1) is 0 Å². The Morgan fingerprint density at radius 1 is 1.50 bits per heavy atom. The van der Waals surface area contributed by atoms with Gasteiger partial charge in [-0.3, -0.25) is 0 Å². The maximum absolute atomic E-state index is 10.3. The fourth-order valence-corrected chi connectivity index (χ4v) is 1.05. The molecule has 14 heavy (non-hydrogen) atoms. The molecule has 3 N–H and O–H groups in total. The van der Waals surface area contributed by atoms with Crippen LogP contribution in [0, 0.1) is 6.92 Å². The van der Waals surface area contributed by atoms with Crippen LogP contribution in [0.4, 0.5) is 4.79 Å². The van der Waals surface area contributed by atoms with E-state index in [2.05, 4.69) is 5.32 Å². The van der Waals surface area contributed by atoms with Crippen molar-refractivity contribution in [3.8, 4) is 5.75 Å². The number of hydrogen-bond donors (Lipinski definition) is 2. The molecule has 0 aliphatic carbocycles. The van der Waals surface area contributed by atoms with Gasteiger partial charge in [-0.05, 0) is 18.6 Å². The van der Waals surface area contributed by atoms with Crippen molar-refractivity contribution >= 4 is 6.03 Å². The first kappa shape index (κ1) is 10.4. The Labute approximate surface area is 83.1 Å². The van der Waals surface area contributed by atoms with Gasteiger partial charge in [0.05, 0.1) is 6.54 Å². The van der Waals surface area contributed by atoms with Crippen molar-refractivity contribution in [1.29, 1.82) is 0 Å². The van der Waals surface area contributed by atoms with E-state index in [1.165, 1.54) is 0 Å². The molecule has 0 aliphatic heterocycles. The van der Waals surface area contributed by atoms with Gasteiger partial charge in [0.1, 0.15) is 12.4 Å². The molecule has 0 atom stereocenters. The fraction of sp³-hybridized carbons (Fsp3) is 0.300. The zero-order chi connectivity index (χ0) is 10.4. The molecule has 4 heteroatoms. The number of ether oxygens (including phenoxy) is 1. The van der Waals surface area contributed by atoms with E-state index in [1.54, 1.807) is 0 Å². The van der Waals surface area contributed by atoms with Crippen LogP contribution in [0.1, 0.15) is 5.56 Å². The third-order valence-corrected chi connectivity index (χ3v) is 1.75. The Hall–Kier alpha value is -1.71. The average Bonchev–Trinajstić information content (AvgIpc) is 2.15. The van der Waals surface area contributed by atoms with Gasteiger partial charge in [-0.2, -0.15) is 0 Å². The minimum Gasteiger partial charge on any atom is -0.491 e. The van der Waals surface area contributed by atoms with Gasteiger partial charge in [-0.1, -0.05) is 18.2 Å². The zero-order valence-corrected chi connectivity index (χ0v) is 8.12. The molecule has 0 radical (unpaired) electrons. The lowest BCUT2D eigenvalue weighted by Gasteiger charge is -2.08. The highest BCUT2D eigenvalue weighted by Crippen LogP contribution is 2.15. The maximum Gasteiger partial charge on any atom is 0.312 e. The monoisotopic (exact) mass is 194 g/mol. The van der Waals surface area contributed by atoms with Crippen molar-refractivity contribution in [3.05, 3.63) is 29.8 Å². The van der Waals surface area contributed by atoms with E-state index in [4.69, 9.17) is 10.5 Å². The molecule has 0 saturated carbocycles. The van der Waals surface area contributed by atoms with E-state index in [-0.39, 0.29) is 0 Å². The first-order chi connectivity index (χ1) is 6.70. The molecular formula is C10H14N2O2. The van der Waals surface area contributed by atoms with Crippen LogP contribution in [0.2, 0.25) is 0 Å². The van der Waals surface area contributed by atoms with Gasteiger partial charge in [-0.25, -0.2) is 4.79 Å². The van der Waals surface area contributed by atoms with E-state index >= 15 is 0 Å². The van der Waals surface area contributed by atoms with Crippen LogP contribution >= 0.6 is 0 Å². The number of nitrogens with one attached hydrogen (secondary N) is 1. The van der Waals surface area contributed by atoms with Gasteiger partial charge in [0.25, 0.3) is 0 Å². The Morgan fingerprint density at radius 3 is 2.86 bits per heavy atom. The number of urea groups is 1. The van der Waals surface area contributed by atoms with Crippen LogP contribution in [0.15, 0.2) is 24.3 Å². The van der Waals surface area contributed by atoms with Crippen molar-refractivity contribution in [2.24, 2.45) is 5.73 Å². The molecular weight excluding hydrogens is 180 g/mol. The van der Waals surface area contributed by atoms with E-state index in [9.17, 15) is 4.79 Å². The molecule has 0 fully saturated rings. The van der Waals surface area contributed by atoms with Crippen molar-refractivity contribution in [2.45, 2.75) is 6.92 Å². The van der Waals surface area contributed by atoms with Gasteiger partial charge >= 0.3 is 6.03 Å². The molecule has 0 saturated heterocycles. The highest BCUT2D eigenvalue weighted by atomic mass is 16.5. The topological polar surface area (TPSA) is 64.3 Å². The minimum absolute atomic E-state index is 0.420. The molecule has 0 unspecified atom stereocenters. The highest BCUT2D eigenvalue weighted by molar-refractivity contribution is 5.71. The van der Waals surface area contributed by atoms with Crippen molar-refractivity contribution < 1.29 is 9.53 Å². The molecule has 0 aromatic heterocycles. The molecule has 1 rings (SSSR count). The van der Waals surface area contributed by atoms with Gasteiger partial charge < -0.3 is 15.8 Å². The van der Waals surface area contributed by atoms with E-state index in [1.807, 2.05) is 31.2 Å². The van der Waals surface area contributed by atoms with Crippen LogP contribution < -0.4 is 15.8 Å². The zero-order valence-electron chi connectivity index (χ0n) is 8.12. The predicted octanol–water partition coefficient (Wildman–Crippen LogP) is 1.04. The molecule has 76 valence electrons. The first-order valence-corrected chi connectivity index (χ1v) is 4.42. The molecule has 1 aromatic rings. The van der Waals surface area contributed by atoms with Crippen LogP contribution in [-0.4, -0.2) is 19.2 Å². The van der Waals surface area contributed by atoms with Crippen LogP contribution in [0.5, 0.6) is 5.75 Å². The van der Waals surface area contributed by atoms with E-state index in [0.717, 1.165) is 11.3 Å². The summed E-state index contributed by atoms with van der Waals surface area (Å²) < 4.78 is 5.42. The van der Waals surface area contributed by atoms with Crippen LogP contribution in [0.25, 0.3) is 0 Å². The highest BCUT2D eigenvalue weighted by Gasteiger charge is 1.97. The van der Waals surface area contributed by atoms with Crippen LogP contribution in [-0.2, 0) is 0 Å². The summed E-state index contributed by atoms with van der Waals surface area (Å²) in [5, 5.41) is 2.45. The van der Waals surface area contributed by atoms with E-state index in [0.29, 0.717) is 13.2 Å². The van der Waals surface area contributed by atoms with Gasteiger partial charge in [0, 0.05) is 0 Å². The average molecular weight is 194 g/mol. The molecule has 2 amide bonds. The lowest BCUT2D eigenvalue weighted by molar-refractivity contribution is 0.244. The molecule has 0 heterocycles. The number of carbonyl (C=O) groups is 1. The number of benzene rings is 1. The summed E-state index contributed by atoms with van der Waals surface area (Å²) >= 11 is 0. The number of amides is 2. The number of nitrogens with two attached hydrogens (primary N) is 1. The third kappa shape index (κ3) is 3.35. The molecule has 1 aromatic carbocycles. The maximum atomic E-state index is 10.3. The Kier molecular flexibility index (Phi) is 3.79. The van der Waals surface area contributed by atoms with Crippen molar-refractivity contribution in [3.63, 3.8) is 0 Å². The van der Waals surface area contributed by atoms with E-state index < -0.39 is 6.03 Å². The number of rotatable bonds is 4. The smallest absolute Gasteiger partial charge is 0.312 e. The second-order valence-corrected chi connectivity index (χ2v) is 2.90. The van der Waals surface area contributed by atoms with Crippen molar-refractivity contribution in [1.82, 2.24) is 5.32 Å². The number of primary amides is 1. The summed E-state index contributed by atoms with van der Waals surface area (Å²) in [5.41, 5.74) is 5.97. The van der Waals surface area contributed by atoms with Gasteiger partial charge in [0.15, 0.2) is 0 Å². The number of carbonyl (C=O) groups excluding carboxylic acids is 1. The summed E-state index contributed by atoms with van der Waals surface area (Å²) in [4.78, 5) is 10.3.